The van der Waals surface area contributed by atoms with Gasteiger partial charge in [-0.3, -0.25) is 14.5 Å². The third-order valence-corrected chi connectivity index (χ3v) is 7.31. The summed E-state index contributed by atoms with van der Waals surface area (Å²) < 4.78 is 16.9. The minimum Gasteiger partial charge on any atom is -0.494 e. The zero-order valence-electron chi connectivity index (χ0n) is 24.8. The highest BCUT2D eigenvalue weighted by molar-refractivity contribution is 6.12. The van der Waals surface area contributed by atoms with Crippen LogP contribution in [0.5, 0.6) is 5.75 Å². The number of esters is 2. The molecule has 1 aliphatic carbocycles. The highest BCUT2D eigenvalue weighted by Gasteiger charge is 2.25. The summed E-state index contributed by atoms with van der Waals surface area (Å²) in [5.41, 5.74) is 3.04. The molecule has 2 aromatic rings. The third-order valence-electron chi connectivity index (χ3n) is 7.31. The first-order valence-electron chi connectivity index (χ1n) is 14.5. The van der Waals surface area contributed by atoms with Crippen molar-refractivity contribution in [3.05, 3.63) is 82.9 Å². The molecule has 1 aliphatic heterocycles. The SMILES string of the molecule is Cc1cc(OCCCN2C(=O)C=CC2=O)ccc1/C=C/C(=O)OC1CCC(c2ccc(C(=O)OC(C)(C)C)cc2)CC1. The van der Waals surface area contributed by atoms with E-state index in [-0.39, 0.29) is 29.9 Å². The molecule has 2 amide bonds. The topological polar surface area (TPSA) is 99.2 Å². The smallest absolute Gasteiger partial charge is 0.338 e. The molecule has 2 aliphatic rings. The van der Waals surface area contributed by atoms with Crippen molar-refractivity contribution < 1.29 is 33.4 Å². The lowest BCUT2D eigenvalue weighted by atomic mass is 9.82. The maximum atomic E-state index is 12.5. The van der Waals surface area contributed by atoms with E-state index in [4.69, 9.17) is 14.2 Å². The molecular formula is C34H39NO7. The van der Waals surface area contributed by atoms with Crippen molar-refractivity contribution in [3.63, 3.8) is 0 Å². The lowest BCUT2D eigenvalue weighted by Gasteiger charge is -2.28. The first-order valence-corrected chi connectivity index (χ1v) is 14.5. The van der Waals surface area contributed by atoms with E-state index in [1.807, 2.05) is 70.2 Å². The molecule has 2 aromatic carbocycles. The minimum absolute atomic E-state index is 0.113. The van der Waals surface area contributed by atoms with Gasteiger partial charge in [0.25, 0.3) is 11.8 Å². The van der Waals surface area contributed by atoms with Gasteiger partial charge in [0.05, 0.1) is 12.2 Å². The van der Waals surface area contributed by atoms with Gasteiger partial charge in [0.2, 0.25) is 0 Å². The fourth-order valence-electron chi connectivity index (χ4n) is 5.09. The van der Waals surface area contributed by atoms with Gasteiger partial charge in [0.15, 0.2) is 0 Å². The van der Waals surface area contributed by atoms with Gasteiger partial charge in [0.1, 0.15) is 17.5 Å². The number of carbonyl (C=O) groups is 4. The van der Waals surface area contributed by atoms with Crippen molar-refractivity contribution in [2.24, 2.45) is 0 Å². The number of nitrogens with zero attached hydrogens (tertiary/aromatic N) is 1. The highest BCUT2D eigenvalue weighted by Crippen LogP contribution is 2.34. The van der Waals surface area contributed by atoms with Gasteiger partial charge in [0, 0.05) is 24.8 Å². The Morgan fingerprint density at radius 3 is 2.24 bits per heavy atom. The summed E-state index contributed by atoms with van der Waals surface area (Å²) in [6.07, 6.45) is 9.59. The molecule has 0 atom stereocenters. The van der Waals surface area contributed by atoms with Crippen LogP contribution in [0.4, 0.5) is 0 Å². The van der Waals surface area contributed by atoms with Crippen LogP contribution in [0.2, 0.25) is 0 Å². The maximum absolute atomic E-state index is 12.5. The van der Waals surface area contributed by atoms with Gasteiger partial charge >= 0.3 is 11.9 Å². The van der Waals surface area contributed by atoms with Crippen molar-refractivity contribution >= 4 is 29.8 Å². The fraction of sp³-hybridized carbons (Fsp3) is 0.412. The van der Waals surface area contributed by atoms with Gasteiger partial charge in [-0.05, 0) is 113 Å². The van der Waals surface area contributed by atoms with Gasteiger partial charge in [-0.15, -0.1) is 0 Å². The number of hydrogen-bond donors (Lipinski definition) is 0. The molecule has 4 rings (SSSR count). The highest BCUT2D eigenvalue weighted by atomic mass is 16.6. The number of carbonyl (C=O) groups excluding carboxylic acids is 4. The molecule has 8 heteroatoms. The third kappa shape index (κ3) is 8.65. The Kier molecular flexibility index (Phi) is 9.99. The van der Waals surface area contributed by atoms with E-state index in [9.17, 15) is 19.2 Å². The molecule has 0 radical (unpaired) electrons. The van der Waals surface area contributed by atoms with Gasteiger partial charge in [-0.25, -0.2) is 9.59 Å². The average Bonchev–Trinajstić information content (AvgIpc) is 3.26. The Bertz CT molecular complexity index is 1340. The average molecular weight is 574 g/mol. The maximum Gasteiger partial charge on any atom is 0.338 e. The monoisotopic (exact) mass is 573 g/mol. The summed E-state index contributed by atoms with van der Waals surface area (Å²) >= 11 is 0. The normalized spacial score (nSPS) is 18.9. The van der Waals surface area contributed by atoms with Gasteiger partial charge in [-0.1, -0.05) is 18.2 Å². The van der Waals surface area contributed by atoms with E-state index in [1.54, 1.807) is 6.08 Å². The number of benzene rings is 2. The van der Waals surface area contributed by atoms with E-state index in [2.05, 4.69) is 0 Å². The lowest BCUT2D eigenvalue weighted by Crippen LogP contribution is -2.31. The summed E-state index contributed by atoms with van der Waals surface area (Å²) in [7, 11) is 0. The quantitative estimate of drug-likeness (QED) is 0.150. The van der Waals surface area contributed by atoms with E-state index >= 15 is 0 Å². The van der Waals surface area contributed by atoms with E-state index < -0.39 is 5.60 Å². The molecule has 0 N–H and O–H groups in total. The molecule has 0 spiro atoms. The van der Waals surface area contributed by atoms with E-state index in [0.717, 1.165) is 36.8 Å². The zero-order chi connectivity index (χ0) is 30.3. The summed E-state index contributed by atoms with van der Waals surface area (Å²) in [5, 5.41) is 0. The molecule has 42 heavy (non-hydrogen) atoms. The van der Waals surface area contributed by atoms with Crippen LogP contribution in [0.15, 0.2) is 60.7 Å². The zero-order valence-corrected chi connectivity index (χ0v) is 24.8. The molecule has 1 fully saturated rings. The second-order valence-corrected chi connectivity index (χ2v) is 11.7. The van der Waals surface area contributed by atoms with Crippen molar-refractivity contribution in [3.8, 4) is 5.75 Å². The summed E-state index contributed by atoms with van der Waals surface area (Å²) in [4.78, 5) is 49.2. The number of ether oxygens (including phenoxy) is 3. The van der Waals surface area contributed by atoms with Crippen LogP contribution < -0.4 is 4.74 Å². The van der Waals surface area contributed by atoms with Gasteiger partial charge in [-0.2, -0.15) is 0 Å². The number of hydrogen-bond acceptors (Lipinski definition) is 7. The number of amides is 2. The predicted octanol–water partition coefficient (Wildman–Crippen LogP) is 5.93. The largest absolute Gasteiger partial charge is 0.494 e. The molecule has 1 saturated carbocycles. The van der Waals surface area contributed by atoms with Crippen LogP contribution in [0.25, 0.3) is 6.08 Å². The van der Waals surface area contributed by atoms with E-state index in [1.165, 1.54) is 28.7 Å². The van der Waals surface area contributed by atoms with Crippen molar-refractivity contribution in [1.29, 1.82) is 0 Å². The standard InChI is InChI=1S/C34H39NO7/c1-23-22-29(40-21-5-20-35-30(36)17-18-31(35)37)16-10-24(23)13-19-32(38)41-28-14-11-26(12-15-28)25-6-8-27(9-7-25)33(39)42-34(2,3)4/h6-10,13,16-19,22,26,28H,5,11-12,14-15,20-21H2,1-4H3/b19-13+. The number of imide groups is 1. The molecular weight excluding hydrogens is 534 g/mol. The Morgan fingerprint density at radius 1 is 0.952 bits per heavy atom. The molecule has 0 unspecified atom stereocenters. The second kappa shape index (κ2) is 13.6. The molecule has 222 valence electrons. The van der Waals surface area contributed by atoms with Crippen LogP contribution in [0.1, 0.15) is 85.8 Å². The minimum atomic E-state index is -0.527. The van der Waals surface area contributed by atoms with Gasteiger partial charge < -0.3 is 14.2 Å². The first kappa shape index (κ1) is 30.8. The predicted molar refractivity (Wildman–Crippen MR) is 159 cm³/mol. The summed E-state index contributed by atoms with van der Waals surface area (Å²) in [6, 6.07) is 13.2. The molecule has 0 saturated heterocycles. The summed E-state index contributed by atoms with van der Waals surface area (Å²) in [5.74, 6) is -0.212. The summed E-state index contributed by atoms with van der Waals surface area (Å²) in [6.45, 7) is 8.18. The van der Waals surface area contributed by atoms with Crippen molar-refractivity contribution in [2.45, 2.75) is 77.4 Å². The molecule has 0 aromatic heterocycles. The van der Waals surface area contributed by atoms with Crippen LogP contribution >= 0.6 is 0 Å². The Balaban J connectivity index is 1.18. The lowest BCUT2D eigenvalue weighted by molar-refractivity contribution is -0.144. The first-order chi connectivity index (χ1) is 20.0. The van der Waals surface area contributed by atoms with Crippen LogP contribution in [0, 0.1) is 6.92 Å². The van der Waals surface area contributed by atoms with Crippen molar-refractivity contribution in [2.75, 3.05) is 13.2 Å². The number of aryl methyl sites for hydroxylation is 1. The molecule has 1 heterocycles. The van der Waals surface area contributed by atoms with E-state index in [0.29, 0.717) is 36.8 Å². The Labute approximate surface area is 247 Å². The van der Waals surface area contributed by atoms with Crippen LogP contribution in [0.3, 0.4) is 0 Å². The van der Waals surface area contributed by atoms with Crippen molar-refractivity contribution in [1.82, 2.24) is 4.90 Å². The fourth-order valence-corrected chi connectivity index (χ4v) is 5.09. The van der Waals surface area contributed by atoms with Crippen LogP contribution in [-0.4, -0.2) is 53.5 Å². The Hall–Kier alpha value is -4.20. The van der Waals surface area contributed by atoms with Crippen LogP contribution in [-0.2, 0) is 23.9 Å². The Morgan fingerprint density at radius 2 is 1.62 bits per heavy atom. The number of rotatable bonds is 10. The molecule has 8 nitrogen and oxygen atoms in total. The second-order valence-electron chi connectivity index (χ2n) is 11.7. The molecule has 0 bridgehead atoms.